The van der Waals surface area contributed by atoms with Crippen molar-refractivity contribution < 1.29 is 23.4 Å². The predicted octanol–water partition coefficient (Wildman–Crippen LogP) is 4.66. The SMILES string of the molecule is Cc1nc2cccnc2n1-c1ccc(C(O)CC2CC3(CCC(F)(F)CC3)OC2=O)cc1. The van der Waals surface area contributed by atoms with Crippen molar-refractivity contribution in [1.82, 2.24) is 14.5 Å². The average Bonchev–Trinajstić information content (AvgIpc) is 3.26. The van der Waals surface area contributed by atoms with E-state index in [0.717, 1.165) is 22.7 Å². The third-order valence-corrected chi connectivity index (χ3v) is 6.79. The maximum Gasteiger partial charge on any atom is 0.309 e. The van der Waals surface area contributed by atoms with E-state index in [0.29, 0.717) is 12.0 Å². The van der Waals surface area contributed by atoms with Crippen molar-refractivity contribution in [2.24, 2.45) is 5.92 Å². The molecule has 8 heteroatoms. The van der Waals surface area contributed by atoms with Crippen molar-refractivity contribution in [3.05, 3.63) is 54.0 Å². The highest BCUT2D eigenvalue weighted by Gasteiger charge is 2.52. The molecule has 2 aromatic heterocycles. The Balaban J connectivity index is 1.29. The number of rotatable bonds is 4. The van der Waals surface area contributed by atoms with E-state index in [1.54, 1.807) is 6.20 Å². The number of hydrogen-bond donors (Lipinski definition) is 1. The Hall–Kier alpha value is -2.87. The molecule has 168 valence electrons. The second kappa shape index (κ2) is 7.62. The predicted molar refractivity (Wildman–Crippen MR) is 114 cm³/mol. The fraction of sp³-hybridized carbons (Fsp3) is 0.458. The Bertz CT molecular complexity index is 1150. The Morgan fingerprint density at radius 2 is 1.91 bits per heavy atom. The number of carbonyl (C=O) groups is 1. The number of hydrogen-bond acceptors (Lipinski definition) is 5. The van der Waals surface area contributed by atoms with Gasteiger partial charge in [-0.15, -0.1) is 0 Å². The Morgan fingerprint density at radius 3 is 2.62 bits per heavy atom. The molecule has 32 heavy (non-hydrogen) atoms. The highest BCUT2D eigenvalue weighted by atomic mass is 19.3. The molecule has 6 nitrogen and oxygen atoms in total. The zero-order chi connectivity index (χ0) is 22.5. The molecule has 0 amide bonds. The van der Waals surface area contributed by atoms with Crippen LogP contribution in [0.25, 0.3) is 16.9 Å². The number of alkyl halides is 2. The number of ether oxygens (including phenoxy) is 1. The molecule has 2 atom stereocenters. The molecule has 3 aromatic rings. The number of imidazole rings is 1. The first-order valence-corrected chi connectivity index (χ1v) is 10.9. The van der Waals surface area contributed by atoms with Gasteiger partial charge in [-0.05, 0) is 56.0 Å². The number of nitrogens with zero attached hydrogens (tertiary/aromatic N) is 3. The van der Waals surface area contributed by atoms with Crippen molar-refractivity contribution in [3.63, 3.8) is 0 Å². The highest BCUT2D eigenvalue weighted by molar-refractivity contribution is 5.75. The number of aliphatic hydroxyl groups is 1. The summed E-state index contributed by atoms with van der Waals surface area (Å²) >= 11 is 0. The number of aliphatic hydroxyl groups excluding tert-OH is 1. The molecule has 1 aliphatic carbocycles. The lowest BCUT2D eigenvalue weighted by atomic mass is 9.78. The fourth-order valence-electron chi connectivity index (χ4n) is 5.01. The second-order valence-electron chi connectivity index (χ2n) is 9.04. The summed E-state index contributed by atoms with van der Waals surface area (Å²) in [5.74, 6) is -2.74. The third-order valence-electron chi connectivity index (χ3n) is 6.79. The Morgan fingerprint density at radius 1 is 1.19 bits per heavy atom. The van der Waals surface area contributed by atoms with E-state index < -0.39 is 29.5 Å². The minimum absolute atomic E-state index is 0.180. The monoisotopic (exact) mass is 441 g/mol. The van der Waals surface area contributed by atoms with Crippen LogP contribution in [0.1, 0.15) is 56.0 Å². The highest BCUT2D eigenvalue weighted by Crippen LogP contribution is 2.48. The Kier molecular flexibility index (Phi) is 5.00. The van der Waals surface area contributed by atoms with Crippen LogP contribution in [0.2, 0.25) is 0 Å². The van der Waals surface area contributed by atoms with Crippen LogP contribution in [0.15, 0.2) is 42.6 Å². The number of benzene rings is 1. The lowest BCUT2D eigenvalue weighted by Gasteiger charge is -2.35. The summed E-state index contributed by atoms with van der Waals surface area (Å²) in [6.07, 6.45) is 1.33. The van der Waals surface area contributed by atoms with E-state index in [2.05, 4.69) is 9.97 Å². The minimum atomic E-state index is -2.68. The van der Waals surface area contributed by atoms with E-state index in [1.165, 1.54) is 0 Å². The van der Waals surface area contributed by atoms with Gasteiger partial charge in [0.2, 0.25) is 5.92 Å². The van der Waals surface area contributed by atoms with Crippen LogP contribution >= 0.6 is 0 Å². The number of aryl methyl sites for hydroxylation is 1. The number of halogens is 2. The second-order valence-corrected chi connectivity index (χ2v) is 9.04. The summed E-state index contributed by atoms with van der Waals surface area (Å²) < 4.78 is 34.5. The number of fused-ring (bicyclic) bond motifs is 1. The Labute approximate surface area is 184 Å². The van der Waals surface area contributed by atoms with Gasteiger partial charge in [0.1, 0.15) is 16.9 Å². The molecule has 1 aromatic carbocycles. The van der Waals surface area contributed by atoms with Crippen molar-refractivity contribution >= 4 is 17.1 Å². The molecule has 2 unspecified atom stereocenters. The van der Waals surface area contributed by atoms with Gasteiger partial charge in [-0.3, -0.25) is 9.36 Å². The van der Waals surface area contributed by atoms with Crippen LogP contribution in [-0.4, -0.2) is 37.1 Å². The van der Waals surface area contributed by atoms with Gasteiger partial charge < -0.3 is 9.84 Å². The first kappa shape index (κ1) is 21.0. The maximum absolute atomic E-state index is 13.5. The number of aromatic nitrogens is 3. The van der Waals surface area contributed by atoms with Gasteiger partial charge in [0.15, 0.2) is 5.65 Å². The van der Waals surface area contributed by atoms with Gasteiger partial charge in [-0.25, -0.2) is 18.7 Å². The molecule has 0 bridgehead atoms. The molecule has 1 N–H and O–H groups in total. The van der Waals surface area contributed by atoms with Gasteiger partial charge in [0.25, 0.3) is 0 Å². The molecule has 1 spiro atoms. The number of carbonyl (C=O) groups excluding carboxylic acids is 1. The lowest BCUT2D eigenvalue weighted by Crippen LogP contribution is -2.38. The molecule has 0 radical (unpaired) electrons. The molecular formula is C24H25F2N3O3. The van der Waals surface area contributed by atoms with E-state index >= 15 is 0 Å². The molecule has 1 saturated heterocycles. The van der Waals surface area contributed by atoms with Gasteiger partial charge in [0.05, 0.1) is 12.0 Å². The third kappa shape index (κ3) is 3.77. The molecule has 3 heterocycles. The van der Waals surface area contributed by atoms with E-state index in [-0.39, 0.29) is 32.1 Å². The number of pyridine rings is 1. The van der Waals surface area contributed by atoms with E-state index in [4.69, 9.17) is 4.74 Å². The zero-order valence-corrected chi connectivity index (χ0v) is 17.8. The van der Waals surface area contributed by atoms with Gasteiger partial charge in [0, 0.05) is 31.1 Å². The standard InChI is InChI=1S/C24H25F2N3O3/c1-15-28-19-3-2-12-27-21(19)29(15)18-6-4-16(5-7-18)20(30)13-17-14-23(32-22(17)31)8-10-24(25,26)11-9-23/h2-7,12,17,20,30H,8-11,13-14H2,1H3. The van der Waals surface area contributed by atoms with Crippen LogP contribution < -0.4 is 0 Å². The summed E-state index contributed by atoms with van der Waals surface area (Å²) in [7, 11) is 0. The minimum Gasteiger partial charge on any atom is -0.459 e. The van der Waals surface area contributed by atoms with Crippen LogP contribution in [0.5, 0.6) is 0 Å². The van der Waals surface area contributed by atoms with Crippen molar-refractivity contribution in [3.8, 4) is 5.69 Å². The van der Waals surface area contributed by atoms with Crippen LogP contribution in [0.4, 0.5) is 8.78 Å². The first-order valence-electron chi connectivity index (χ1n) is 10.9. The van der Waals surface area contributed by atoms with Crippen LogP contribution in [0, 0.1) is 12.8 Å². The van der Waals surface area contributed by atoms with Gasteiger partial charge in [-0.1, -0.05) is 12.1 Å². The molecule has 5 rings (SSSR count). The van der Waals surface area contributed by atoms with Crippen molar-refractivity contribution in [2.75, 3.05) is 0 Å². The van der Waals surface area contributed by atoms with Crippen molar-refractivity contribution in [1.29, 1.82) is 0 Å². The largest absolute Gasteiger partial charge is 0.459 e. The zero-order valence-electron chi connectivity index (χ0n) is 17.8. The normalized spacial score (nSPS) is 22.9. The molecule has 1 aliphatic heterocycles. The summed E-state index contributed by atoms with van der Waals surface area (Å²) in [4.78, 5) is 21.4. The molecule has 2 aliphatic rings. The average molecular weight is 441 g/mol. The van der Waals surface area contributed by atoms with E-state index in [9.17, 15) is 18.7 Å². The molecule has 1 saturated carbocycles. The first-order chi connectivity index (χ1) is 15.3. The van der Waals surface area contributed by atoms with Crippen LogP contribution in [-0.2, 0) is 9.53 Å². The summed E-state index contributed by atoms with van der Waals surface area (Å²) in [5.41, 5.74) is 2.34. The summed E-state index contributed by atoms with van der Waals surface area (Å²) in [5, 5.41) is 10.8. The molecule has 2 fully saturated rings. The van der Waals surface area contributed by atoms with E-state index in [1.807, 2.05) is 47.9 Å². The summed E-state index contributed by atoms with van der Waals surface area (Å²) in [6.45, 7) is 1.91. The lowest BCUT2D eigenvalue weighted by molar-refractivity contribution is -0.160. The fourth-order valence-corrected chi connectivity index (χ4v) is 5.01. The smallest absolute Gasteiger partial charge is 0.309 e. The van der Waals surface area contributed by atoms with Crippen LogP contribution in [0.3, 0.4) is 0 Å². The van der Waals surface area contributed by atoms with Gasteiger partial charge in [-0.2, -0.15) is 0 Å². The molecular weight excluding hydrogens is 416 g/mol. The van der Waals surface area contributed by atoms with Crippen molar-refractivity contribution in [2.45, 2.75) is 63.1 Å². The quantitative estimate of drug-likeness (QED) is 0.596. The summed E-state index contributed by atoms with van der Waals surface area (Å²) in [6, 6.07) is 11.2. The topological polar surface area (TPSA) is 77.2 Å². The number of esters is 1. The maximum atomic E-state index is 13.5. The van der Waals surface area contributed by atoms with Gasteiger partial charge >= 0.3 is 5.97 Å².